The standard InChI is InChI=1S/C31H44N6O5/c1-21(2)27-34-29(42-35-27)36-17-14-22(15-18-36)8-7-19-40-25-12-10-23(11-13-25)26(33-30(39)41-31(3,4)5)28(38)37-16-6-9-24(37)20-32/h10-13,21-22,24,26H,6-9,14-19H2,1-5H3,(H,33,39)/t24-,26?/m0/s1. The molecular weight excluding hydrogens is 536 g/mol. The summed E-state index contributed by atoms with van der Waals surface area (Å²) in [6, 6.07) is 8.56. The normalized spacial score (nSPS) is 18.5. The molecule has 0 spiro atoms. The Labute approximate surface area is 248 Å². The van der Waals surface area contributed by atoms with E-state index in [2.05, 4.69) is 40.3 Å². The van der Waals surface area contributed by atoms with Crippen molar-refractivity contribution in [3.05, 3.63) is 35.7 Å². The number of hydrogen-bond donors (Lipinski definition) is 1. The molecule has 2 atom stereocenters. The van der Waals surface area contributed by atoms with Gasteiger partial charge in [-0.15, -0.1) is 0 Å². The van der Waals surface area contributed by atoms with E-state index in [1.165, 1.54) is 0 Å². The number of nitriles is 1. The zero-order valence-electron chi connectivity index (χ0n) is 25.5. The number of ether oxygens (including phenoxy) is 2. The van der Waals surface area contributed by atoms with E-state index in [-0.39, 0.29) is 11.8 Å². The second-order valence-corrected chi connectivity index (χ2v) is 12.5. The minimum atomic E-state index is -0.960. The third-order valence-corrected chi connectivity index (χ3v) is 7.66. The van der Waals surface area contributed by atoms with Crippen molar-refractivity contribution in [1.82, 2.24) is 20.4 Å². The molecular formula is C31H44N6O5. The minimum Gasteiger partial charge on any atom is -0.494 e. The predicted molar refractivity (Wildman–Crippen MR) is 157 cm³/mol. The molecule has 4 rings (SSSR count). The first-order chi connectivity index (χ1) is 20.0. The zero-order chi connectivity index (χ0) is 30.3. The van der Waals surface area contributed by atoms with Crippen LogP contribution in [0.5, 0.6) is 5.75 Å². The van der Waals surface area contributed by atoms with Gasteiger partial charge in [0.2, 0.25) is 0 Å². The molecule has 2 aromatic rings. The topological polar surface area (TPSA) is 134 Å². The van der Waals surface area contributed by atoms with Crippen LogP contribution in [0.1, 0.15) is 96.5 Å². The molecule has 0 aliphatic carbocycles. The lowest BCUT2D eigenvalue weighted by molar-refractivity contribution is -0.133. The Kier molecular flexibility index (Phi) is 10.3. The Morgan fingerprint density at radius 2 is 1.86 bits per heavy atom. The molecule has 11 nitrogen and oxygen atoms in total. The van der Waals surface area contributed by atoms with E-state index in [0.717, 1.165) is 51.0 Å². The maximum atomic E-state index is 13.4. The highest BCUT2D eigenvalue weighted by molar-refractivity contribution is 5.87. The van der Waals surface area contributed by atoms with Crippen LogP contribution >= 0.6 is 0 Å². The number of hydrogen-bond acceptors (Lipinski definition) is 9. The lowest BCUT2D eigenvalue weighted by atomic mass is 9.92. The maximum Gasteiger partial charge on any atom is 0.408 e. The molecule has 1 unspecified atom stereocenters. The van der Waals surface area contributed by atoms with Gasteiger partial charge in [0.15, 0.2) is 5.82 Å². The maximum absolute atomic E-state index is 13.4. The van der Waals surface area contributed by atoms with Gasteiger partial charge in [-0.1, -0.05) is 31.1 Å². The minimum absolute atomic E-state index is 0.251. The molecule has 11 heteroatoms. The van der Waals surface area contributed by atoms with Crippen LogP contribution in [0.3, 0.4) is 0 Å². The van der Waals surface area contributed by atoms with Crippen LogP contribution < -0.4 is 15.0 Å². The van der Waals surface area contributed by atoms with Gasteiger partial charge >= 0.3 is 12.1 Å². The largest absolute Gasteiger partial charge is 0.494 e. The van der Waals surface area contributed by atoms with Crippen molar-refractivity contribution in [2.24, 2.45) is 5.92 Å². The number of likely N-dealkylation sites (tertiary alicyclic amines) is 1. The molecule has 0 bridgehead atoms. The Hall–Kier alpha value is -3.81. The van der Waals surface area contributed by atoms with Gasteiger partial charge in [-0.05, 0) is 82.9 Å². The van der Waals surface area contributed by atoms with Crippen LogP contribution in [0.4, 0.5) is 10.8 Å². The first kappa shape index (κ1) is 31.1. The molecule has 2 aliphatic rings. The lowest BCUT2D eigenvalue weighted by Crippen LogP contribution is -2.45. The summed E-state index contributed by atoms with van der Waals surface area (Å²) < 4.78 is 16.8. The van der Waals surface area contributed by atoms with Crippen molar-refractivity contribution in [3.8, 4) is 11.8 Å². The first-order valence-corrected chi connectivity index (χ1v) is 15.0. The number of rotatable bonds is 10. The highest BCUT2D eigenvalue weighted by Crippen LogP contribution is 2.28. The summed E-state index contributed by atoms with van der Waals surface area (Å²) in [5.41, 5.74) is -0.101. The number of anilines is 1. The van der Waals surface area contributed by atoms with E-state index in [4.69, 9.17) is 14.0 Å². The highest BCUT2D eigenvalue weighted by atomic mass is 16.6. The summed E-state index contributed by atoms with van der Waals surface area (Å²) in [5, 5.41) is 16.3. The number of aromatic nitrogens is 2. The van der Waals surface area contributed by atoms with Gasteiger partial charge in [-0.25, -0.2) is 4.79 Å². The molecule has 2 saturated heterocycles. The zero-order valence-corrected chi connectivity index (χ0v) is 25.5. The van der Waals surface area contributed by atoms with Crippen molar-refractivity contribution < 1.29 is 23.6 Å². The third-order valence-electron chi connectivity index (χ3n) is 7.66. The van der Waals surface area contributed by atoms with Crippen molar-refractivity contribution in [3.63, 3.8) is 0 Å². The van der Waals surface area contributed by atoms with Crippen molar-refractivity contribution in [1.29, 1.82) is 5.26 Å². The molecule has 3 heterocycles. The van der Waals surface area contributed by atoms with Crippen molar-refractivity contribution in [2.75, 3.05) is 31.1 Å². The molecule has 0 saturated carbocycles. The summed E-state index contributed by atoms with van der Waals surface area (Å²) in [6.45, 7) is 12.3. The van der Waals surface area contributed by atoms with Gasteiger partial charge in [0.25, 0.3) is 5.91 Å². The van der Waals surface area contributed by atoms with Gasteiger partial charge in [-0.2, -0.15) is 10.2 Å². The molecule has 0 radical (unpaired) electrons. The van der Waals surface area contributed by atoms with Gasteiger partial charge in [0.05, 0.1) is 12.7 Å². The summed E-state index contributed by atoms with van der Waals surface area (Å²) in [5.74, 6) is 2.02. The number of carbonyl (C=O) groups excluding carboxylic acids is 2. The third kappa shape index (κ3) is 8.37. The van der Waals surface area contributed by atoms with Crippen LogP contribution in [-0.4, -0.2) is 64.9 Å². The molecule has 1 aromatic heterocycles. The summed E-state index contributed by atoms with van der Waals surface area (Å²) in [7, 11) is 0. The molecule has 1 aromatic carbocycles. The summed E-state index contributed by atoms with van der Waals surface area (Å²) >= 11 is 0. The summed E-state index contributed by atoms with van der Waals surface area (Å²) in [4.78, 5) is 34.3. The molecule has 228 valence electrons. The van der Waals surface area contributed by atoms with E-state index < -0.39 is 23.8 Å². The average Bonchev–Trinajstić information content (AvgIpc) is 3.64. The second-order valence-electron chi connectivity index (χ2n) is 12.5. The molecule has 42 heavy (non-hydrogen) atoms. The second kappa shape index (κ2) is 13.9. The average molecular weight is 581 g/mol. The van der Waals surface area contributed by atoms with Crippen LogP contribution in [0.25, 0.3) is 0 Å². The Balaban J connectivity index is 1.27. The fourth-order valence-electron chi connectivity index (χ4n) is 5.36. The monoisotopic (exact) mass is 580 g/mol. The van der Waals surface area contributed by atoms with Gasteiger partial charge in [0.1, 0.15) is 23.4 Å². The molecule has 2 fully saturated rings. The number of piperidine rings is 1. The number of benzene rings is 1. The van der Waals surface area contributed by atoms with E-state index in [9.17, 15) is 14.9 Å². The van der Waals surface area contributed by atoms with E-state index in [0.29, 0.717) is 42.8 Å². The smallest absolute Gasteiger partial charge is 0.408 e. The molecule has 2 aliphatic heterocycles. The van der Waals surface area contributed by atoms with Gasteiger partial charge in [-0.3, -0.25) is 4.79 Å². The number of nitrogens with one attached hydrogen (secondary N) is 1. The Morgan fingerprint density at radius 3 is 2.48 bits per heavy atom. The van der Waals surface area contributed by atoms with Crippen LogP contribution in [0, 0.1) is 17.2 Å². The fraction of sp³-hybridized carbons (Fsp3) is 0.645. The molecule has 1 N–H and O–H groups in total. The van der Waals surface area contributed by atoms with Crippen molar-refractivity contribution >= 4 is 18.0 Å². The summed E-state index contributed by atoms with van der Waals surface area (Å²) in [6.07, 6.45) is 4.89. The van der Waals surface area contributed by atoms with Gasteiger partial charge < -0.3 is 29.1 Å². The lowest BCUT2D eigenvalue weighted by Gasteiger charge is -2.30. The van der Waals surface area contributed by atoms with Crippen LogP contribution in [0.2, 0.25) is 0 Å². The first-order valence-electron chi connectivity index (χ1n) is 15.0. The van der Waals surface area contributed by atoms with E-state index >= 15 is 0 Å². The Bertz CT molecular complexity index is 1220. The van der Waals surface area contributed by atoms with Crippen LogP contribution in [0.15, 0.2) is 28.8 Å². The molecule has 2 amide bonds. The quantitative estimate of drug-likeness (QED) is 0.369. The van der Waals surface area contributed by atoms with Crippen LogP contribution in [-0.2, 0) is 9.53 Å². The highest BCUT2D eigenvalue weighted by Gasteiger charge is 2.35. The van der Waals surface area contributed by atoms with Crippen molar-refractivity contribution in [2.45, 2.75) is 96.7 Å². The number of alkyl carbamates (subject to hydrolysis) is 1. The SMILES string of the molecule is CC(C)c1noc(N2CCC(CCCOc3ccc(C(NC(=O)OC(C)(C)C)C(=O)N4CCC[C@H]4C#N)cc3)CC2)n1. The number of carbonyl (C=O) groups is 2. The number of nitrogens with zero attached hydrogens (tertiary/aromatic N) is 5. The van der Waals surface area contributed by atoms with E-state index in [1.54, 1.807) is 37.8 Å². The number of amides is 2. The van der Waals surface area contributed by atoms with E-state index in [1.807, 2.05) is 12.1 Å². The fourth-order valence-corrected chi connectivity index (χ4v) is 5.36. The predicted octanol–water partition coefficient (Wildman–Crippen LogP) is 5.35. The van der Waals surface area contributed by atoms with Gasteiger partial charge in [0, 0.05) is 25.6 Å². The Morgan fingerprint density at radius 1 is 1.14 bits per heavy atom.